The molecule has 1 unspecified atom stereocenters. The van der Waals surface area contributed by atoms with Crippen molar-refractivity contribution in [2.75, 3.05) is 5.43 Å². The van der Waals surface area contributed by atoms with Gasteiger partial charge in [0.05, 0.1) is 0 Å². The Bertz CT molecular complexity index is 527. The van der Waals surface area contributed by atoms with E-state index in [2.05, 4.69) is 15.1 Å². The summed E-state index contributed by atoms with van der Waals surface area (Å²) in [6, 6.07) is 3.02. The minimum absolute atomic E-state index is 0.0154. The normalized spacial score (nSPS) is 22.2. The molecule has 1 heterocycles. The van der Waals surface area contributed by atoms with Gasteiger partial charge in [-0.25, -0.2) is 24.0 Å². The van der Waals surface area contributed by atoms with Gasteiger partial charge in [-0.05, 0) is 24.0 Å². The maximum absolute atomic E-state index is 12.1. The molecule has 1 aliphatic carbocycles. The summed E-state index contributed by atoms with van der Waals surface area (Å²) < 4.78 is 26.9. The van der Waals surface area contributed by atoms with Crippen molar-refractivity contribution in [3.05, 3.63) is 18.3 Å². The number of hydrogen-bond donors (Lipinski definition) is 3. The van der Waals surface area contributed by atoms with Crippen molar-refractivity contribution in [2.45, 2.75) is 31.2 Å². The second kappa shape index (κ2) is 3.94. The molecule has 7 heteroatoms. The third-order valence-corrected chi connectivity index (χ3v) is 4.51. The van der Waals surface area contributed by atoms with Crippen molar-refractivity contribution < 1.29 is 8.42 Å². The number of sulfonamides is 1. The summed E-state index contributed by atoms with van der Waals surface area (Å²) in [6.07, 6.45) is 2.33. The van der Waals surface area contributed by atoms with Gasteiger partial charge in [-0.3, -0.25) is 0 Å². The molecule has 0 saturated heterocycles. The highest BCUT2D eigenvalue weighted by molar-refractivity contribution is 7.89. The number of hydrazine groups is 1. The Morgan fingerprint density at radius 2 is 2.18 bits per heavy atom. The summed E-state index contributed by atoms with van der Waals surface area (Å²) in [6.45, 7) is 4.04. The lowest BCUT2D eigenvalue weighted by Crippen LogP contribution is -2.29. The van der Waals surface area contributed by atoms with Gasteiger partial charge < -0.3 is 5.43 Å². The zero-order valence-electron chi connectivity index (χ0n) is 9.77. The molecular weight excluding hydrogens is 240 g/mol. The Morgan fingerprint density at radius 1 is 1.53 bits per heavy atom. The molecule has 2 rings (SSSR count). The van der Waals surface area contributed by atoms with Crippen LogP contribution in [0.4, 0.5) is 5.82 Å². The number of nitrogen functional groups attached to an aromatic ring is 1. The third kappa shape index (κ3) is 2.41. The van der Waals surface area contributed by atoms with Crippen LogP contribution in [-0.2, 0) is 10.0 Å². The number of aromatic nitrogens is 1. The molecule has 1 aliphatic rings. The van der Waals surface area contributed by atoms with E-state index in [0.29, 0.717) is 0 Å². The molecule has 0 bridgehead atoms. The lowest BCUT2D eigenvalue weighted by Gasteiger charge is -2.10. The standard InChI is InChI=1S/C10H16N4O2S/c1-10(2)6-8(10)14-17(15,16)7-4-3-5-12-9(7)13-11/h3-5,8,14H,6,11H2,1-2H3,(H,12,13). The van der Waals surface area contributed by atoms with Crippen LogP contribution in [0.1, 0.15) is 20.3 Å². The fraction of sp³-hybridized carbons (Fsp3) is 0.500. The molecule has 94 valence electrons. The van der Waals surface area contributed by atoms with Crippen LogP contribution < -0.4 is 16.0 Å². The predicted molar refractivity (Wildman–Crippen MR) is 64.6 cm³/mol. The largest absolute Gasteiger partial charge is 0.307 e. The van der Waals surface area contributed by atoms with Gasteiger partial charge >= 0.3 is 0 Å². The average Bonchev–Trinajstić information content (AvgIpc) is 2.85. The van der Waals surface area contributed by atoms with Gasteiger partial charge in [-0.1, -0.05) is 13.8 Å². The van der Waals surface area contributed by atoms with Gasteiger partial charge in [0.15, 0.2) is 5.82 Å². The van der Waals surface area contributed by atoms with Gasteiger partial charge in [0.2, 0.25) is 10.0 Å². The SMILES string of the molecule is CC1(C)CC1NS(=O)(=O)c1cccnc1NN. The van der Waals surface area contributed by atoms with Crippen LogP contribution in [0.5, 0.6) is 0 Å². The lowest BCUT2D eigenvalue weighted by atomic mass is 10.2. The fourth-order valence-electron chi connectivity index (χ4n) is 1.63. The van der Waals surface area contributed by atoms with Gasteiger partial charge in [0.25, 0.3) is 0 Å². The molecule has 1 aromatic heterocycles. The Labute approximate surface area is 101 Å². The molecule has 1 atom stereocenters. The summed E-state index contributed by atoms with van der Waals surface area (Å²) in [5.74, 6) is 5.39. The van der Waals surface area contributed by atoms with Crippen molar-refractivity contribution in [2.24, 2.45) is 11.3 Å². The fourth-order valence-corrected chi connectivity index (χ4v) is 3.16. The van der Waals surface area contributed by atoms with Gasteiger partial charge in [-0.15, -0.1) is 0 Å². The summed E-state index contributed by atoms with van der Waals surface area (Å²) >= 11 is 0. The number of hydrogen-bond acceptors (Lipinski definition) is 5. The molecule has 0 radical (unpaired) electrons. The predicted octanol–water partition coefficient (Wildman–Crippen LogP) is 0.444. The van der Waals surface area contributed by atoms with Crippen molar-refractivity contribution >= 4 is 15.8 Å². The van der Waals surface area contributed by atoms with Crippen molar-refractivity contribution in [3.63, 3.8) is 0 Å². The first-order chi connectivity index (χ1) is 7.87. The molecule has 6 nitrogen and oxygen atoms in total. The first-order valence-electron chi connectivity index (χ1n) is 5.31. The molecule has 4 N–H and O–H groups in total. The van der Waals surface area contributed by atoms with E-state index in [1.807, 2.05) is 13.8 Å². The Balaban J connectivity index is 2.26. The summed E-state index contributed by atoms with van der Waals surface area (Å²) in [7, 11) is -3.57. The molecule has 0 aliphatic heterocycles. The Kier molecular flexibility index (Phi) is 2.84. The second-order valence-corrected chi connectivity index (χ2v) is 6.54. The van der Waals surface area contributed by atoms with E-state index in [-0.39, 0.29) is 22.2 Å². The van der Waals surface area contributed by atoms with Crippen LogP contribution in [0.15, 0.2) is 23.2 Å². The van der Waals surface area contributed by atoms with Crippen LogP contribution in [0.2, 0.25) is 0 Å². The smallest absolute Gasteiger partial charge is 0.244 e. The van der Waals surface area contributed by atoms with Crippen molar-refractivity contribution in [1.29, 1.82) is 0 Å². The van der Waals surface area contributed by atoms with Crippen LogP contribution >= 0.6 is 0 Å². The minimum Gasteiger partial charge on any atom is -0.307 e. The van der Waals surface area contributed by atoms with E-state index in [1.54, 1.807) is 6.07 Å². The number of rotatable bonds is 4. The van der Waals surface area contributed by atoms with Crippen LogP contribution in [0.25, 0.3) is 0 Å². The van der Waals surface area contributed by atoms with E-state index in [4.69, 9.17) is 5.84 Å². The molecule has 1 fully saturated rings. The topological polar surface area (TPSA) is 97.1 Å². The average molecular weight is 256 g/mol. The first-order valence-corrected chi connectivity index (χ1v) is 6.79. The summed E-state index contributed by atoms with van der Waals surface area (Å²) in [4.78, 5) is 3.95. The van der Waals surface area contributed by atoms with E-state index in [0.717, 1.165) is 6.42 Å². The molecule has 1 saturated carbocycles. The van der Waals surface area contributed by atoms with Gasteiger partial charge in [0.1, 0.15) is 4.90 Å². The number of nitrogens with zero attached hydrogens (tertiary/aromatic N) is 1. The Hall–Kier alpha value is -1.18. The van der Waals surface area contributed by atoms with E-state index < -0.39 is 10.0 Å². The maximum atomic E-state index is 12.1. The highest BCUT2D eigenvalue weighted by atomic mass is 32.2. The third-order valence-electron chi connectivity index (χ3n) is 3.01. The molecule has 0 amide bonds. The first kappa shape index (κ1) is 12.3. The summed E-state index contributed by atoms with van der Waals surface area (Å²) in [5.41, 5.74) is 2.32. The Morgan fingerprint density at radius 3 is 2.71 bits per heavy atom. The van der Waals surface area contributed by atoms with E-state index in [1.165, 1.54) is 12.3 Å². The zero-order chi connectivity index (χ0) is 12.7. The molecular formula is C10H16N4O2S. The van der Waals surface area contributed by atoms with Gasteiger partial charge in [0, 0.05) is 12.2 Å². The van der Waals surface area contributed by atoms with Gasteiger partial charge in [-0.2, -0.15) is 0 Å². The van der Waals surface area contributed by atoms with Crippen LogP contribution in [0, 0.1) is 5.41 Å². The number of nitrogens with one attached hydrogen (secondary N) is 2. The van der Waals surface area contributed by atoms with Crippen molar-refractivity contribution in [1.82, 2.24) is 9.71 Å². The molecule has 1 aromatic rings. The highest BCUT2D eigenvalue weighted by Gasteiger charge is 2.48. The number of nitrogens with two attached hydrogens (primary N) is 1. The highest BCUT2D eigenvalue weighted by Crippen LogP contribution is 2.45. The maximum Gasteiger partial charge on any atom is 0.244 e. The zero-order valence-corrected chi connectivity index (χ0v) is 10.6. The molecule has 0 aromatic carbocycles. The minimum atomic E-state index is -3.57. The van der Waals surface area contributed by atoms with E-state index in [9.17, 15) is 8.42 Å². The second-order valence-electron chi connectivity index (χ2n) is 4.86. The molecule has 0 spiro atoms. The quantitative estimate of drug-likeness (QED) is 0.536. The van der Waals surface area contributed by atoms with Crippen molar-refractivity contribution in [3.8, 4) is 0 Å². The van der Waals surface area contributed by atoms with E-state index >= 15 is 0 Å². The van der Waals surface area contributed by atoms with Crippen LogP contribution in [-0.4, -0.2) is 19.4 Å². The lowest BCUT2D eigenvalue weighted by molar-refractivity contribution is 0.555. The van der Waals surface area contributed by atoms with Crippen LogP contribution in [0.3, 0.4) is 0 Å². The number of anilines is 1. The summed E-state index contributed by atoms with van der Waals surface area (Å²) in [5, 5.41) is 0. The number of pyridine rings is 1. The monoisotopic (exact) mass is 256 g/mol. The molecule has 17 heavy (non-hydrogen) atoms.